The molecule has 140 valence electrons. The van der Waals surface area contributed by atoms with Crippen molar-refractivity contribution in [2.24, 2.45) is 0 Å². The number of fused-ring (bicyclic) bond motifs is 1. The van der Waals surface area contributed by atoms with Crippen molar-refractivity contribution in [3.63, 3.8) is 0 Å². The van der Waals surface area contributed by atoms with Crippen LogP contribution in [0.3, 0.4) is 0 Å². The summed E-state index contributed by atoms with van der Waals surface area (Å²) in [6.45, 7) is 0. The maximum absolute atomic E-state index is 13.4. The van der Waals surface area contributed by atoms with Gasteiger partial charge in [0.2, 0.25) is 0 Å². The van der Waals surface area contributed by atoms with Crippen molar-refractivity contribution >= 4 is 44.3 Å². The second-order valence-corrected chi connectivity index (χ2v) is 6.63. The second-order valence-electron chi connectivity index (χ2n) is 5.56. The van der Waals surface area contributed by atoms with Gasteiger partial charge in [0.15, 0.2) is 17.2 Å². The predicted molar refractivity (Wildman–Crippen MR) is 95.9 cm³/mol. The van der Waals surface area contributed by atoms with Gasteiger partial charge >= 0.3 is 17.6 Å². The summed E-state index contributed by atoms with van der Waals surface area (Å²) < 4.78 is 31.8. The van der Waals surface area contributed by atoms with Gasteiger partial charge in [0.1, 0.15) is 10.6 Å². The van der Waals surface area contributed by atoms with Gasteiger partial charge in [0.05, 0.1) is 4.70 Å². The fourth-order valence-electron chi connectivity index (χ4n) is 2.34. The first-order valence-corrected chi connectivity index (χ1v) is 8.28. The zero-order valence-electron chi connectivity index (χ0n) is 14.0. The van der Waals surface area contributed by atoms with E-state index in [1.807, 2.05) is 0 Å². The molecule has 0 bridgehead atoms. The molecule has 0 atom stereocenters. The molecule has 0 fully saturated rings. The number of carboxylic acid groups (broad SMARTS) is 1. The van der Waals surface area contributed by atoms with Gasteiger partial charge in [0.25, 0.3) is 0 Å². The summed E-state index contributed by atoms with van der Waals surface area (Å²) in [7, 11) is 2.83. The topological polar surface area (TPSA) is 91.1 Å². The van der Waals surface area contributed by atoms with E-state index in [0.717, 1.165) is 28.4 Å². The van der Waals surface area contributed by atoms with E-state index in [1.165, 1.54) is 37.2 Å². The molecule has 0 aliphatic rings. The van der Waals surface area contributed by atoms with Crippen LogP contribution in [0.15, 0.2) is 39.5 Å². The standard InChI is InChI=1S/C17H12F2N2O5S/c1-20(8-3-4-10(18)11(19)5-8)17(25)21(2)14-7-12-13(27-14)6-9(15(22)23)16(24)26-12/h3-7H,1-2H3,(H,22,23). The van der Waals surface area contributed by atoms with Crippen LogP contribution in [0.25, 0.3) is 10.3 Å². The van der Waals surface area contributed by atoms with Crippen molar-refractivity contribution in [1.82, 2.24) is 0 Å². The summed E-state index contributed by atoms with van der Waals surface area (Å²) in [5.41, 5.74) is -1.22. The molecule has 3 aromatic rings. The number of aromatic carboxylic acids is 1. The van der Waals surface area contributed by atoms with E-state index in [-0.39, 0.29) is 11.3 Å². The number of benzene rings is 1. The van der Waals surface area contributed by atoms with Gasteiger partial charge in [-0.1, -0.05) is 0 Å². The van der Waals surface area contributed by atoms with Crippen LogP contribution < -0.4 is 15.4 Å². The van der Waals surface area contributed by atoms with Crippen LogP contribution in [-0.2, 0) is 0 Å². The molecular weight excluding hydrogens is 382 g/mol. The molecule has 2 aromatic heterocycles. The van der Waals surface area contributed by atoms with E-state index >= 15 is 0 Å². The van der Waals surface area contributed by atoms with Crippen LogP contribution in [0.5, 0.6) is 0 Å². The third-order valence-electron chi connectivity index (χ3n) is 3.84. The Morgan fingerprint density at radius 2 is 1.78 bits per heavy atom. The first-order chi connectivity index (χ1) is 12.7. The Balaban J connectivity index is 1.93. The fourth-order valence-corrected chi connectivity index (χ4v) is 3.32. The smallest absolute Gasteiger partial charge is 0.351 e. The molecule has 0 aliphatic carbocycles. The van der Waals surface area contributed by atoms with E-state index in [4.69, 9.17) is 9.52 Å². The molecular formula is C17H12F2N2O5S. The molecule has 3 rings (SSSR count). The molecule has 27 heavy (non-hydrogen) atoms. The maximum Gasteiger partial charge on any atom is 0.351 e. The average molecular weight is 394 g/mol. The van der Waals surface area contributed by atoms with Crippen LogP contribution in [-0.4, -0.2) is 31.2 Å². The van der Waals surface area contributed by atoms with Crippen LogP contribution >= 0.6 is 11.3 Å². The SMILES string of the molecule is CN(C(=O)N(C)c1cc2oc(=O)c(C(=O)O)cc2s1)c1ccc(F)c(F)c1. The van der Waals surface area contributed by atoms with Gasteiger partial charge in [-0.3, -0.25) is 9.80 Å². The molecule has 0 saturated heterocycles. The number of amides is 2. The lowest BCUT2D eigenvalue weighted by molar-refractivity contribution is 0.0692. The minimum Gasteiger partial charge on any atom is -0.477 e. The largest absolute Gasteiger partial charge is 0.477 e. The highest BCUT2D eigenvalue weighted by Gasteiger charge is 2.22. The number of nitrogens with zero attached hydrogens (tertiary/aromatic N) is 2. The number of rotatable bonds is 3. The quantitative estimate of drug-likeness (QED) is 0.734. The zero-order chi connectivity index (χ0) is 19.9. The first-order valence-electron chi connectivity index (χ1n) is 7.46. The Morgan fingerprint density at radius 1 is 1.07 bits per heavy atom. The molecule has 2 amide bonds. The van der Waals surface area contributed by atoms with Crippen LogP contribution in [0, 0.1) is 11.6 Å². The Hall–Kier alpha value is -3.27. The second kappa shape index (κ2) is 6.80. The molecule has 2 heterocycles. The van der Waals surface area contributed by atoms with Crippen LogP contribution in [0.2, 0.25) is 0 Å². The number of hydrogen-bond donors (Lipinski definition) is 1. The first kappa shape index (κ1) is 18.5. The number of carbonyl (C=O) groups is 2. The van der Waals surface area contributed by atoms with E-state index in [9.17, 15) is 23.2 Å². The lowest BCUT2D eigenvalue weighted by Gasteiger charge is -2.23. The van der Waals surface area contributed by atoms with Gasteiger partial charge in [-0.2, -0.15) is 0 Å². The van der Waals surface area contributed by atoms with Crippen molar-refractivity contribution in [1.29, 1.82) is 0 Å². The summed E-state index contributed by atoms with van der Waals surface area (Å²) >= 11 is 1.04. The third-order valence-corrected chi connectivity index (χ3v) is 4.98. The highest BCUT2D eigenvalue weighted by Crippen LogP contribution is 2.32. The molecule has 7 nitrogen and oxygen atoms in total. The highest BCUT2D eigenvalue weighted by molar-refractivity contribution is 7.22. The number of urea groups is 1. The molecule has 0 unspecified atom stereocenters. The molecule has 1 aromatic carbocycles. The molecule has 1 N–H and O–H groups in total. The van der Waals surface area contributed by atoms with Crippen LogP contribution in [0.1, 0.15) is 10.4 Å². The van der Waals surface area contributed by atoms with Crippen molar-refractivity contribution in [2.75, 3.05) is 23.9 Å². The van der Waals surface area contributed by atoms with Crippen molar-refractivity contribution in [3.05, 3.63) is 57.9 Å². The number of carbonyl (C=O) groups excluding carboxylic acids is 1. The number of hydrogen-bond acceptors (Lipinski definition) is 5. The average Bonchev–Trinajstić information content (AvgIpc) is 3.04. The fraction of sp³-hybridized carbons (Fsp3) is 0.118. The van der Waals surface area contributed by atoms with Crippen molar-refractivity contribution in [2.45, 2.75) is 0 Å². The third kappa shape index (κ3) is 3.38. The predicted octanol–water partition coefficient (Wildman–Crippen LogP) is 3.52. The highest BCUT2D eigenvalue weighted by atomic mass is 32.1. The number of carboxylic acids is 1. The van der Waals surface area contributed by atoms with Gasteiger partial charge in [-0.25, -0.2) is 23.2 Å². The summed E-state index contributed by atoms with van der Waals surface area (Å²) in [6, 6.07) is 5.10. The number of halogens is 2. The molecule has 10 heteroatoms. The van der Waals surface area contributed by atoms with E-state index in [0.29, 0.717) is 9.70 Å². The molecule has 0 aliphatic heterocycles. The molecule has 0 radical (unpaired) electrons. The maximum atomic E-state index is 13.4. The van der Waals surface area contributed by atoms with Gasteiger partial charge in [-0.05, 0) is 18.2 Å². The zero-order valence-corrected chi connectivity index (χ0v) is 14.8. The lowest BCUT2D eigenvalue weighted by Crippen LogP contribution is -2.38. The van der Waals surface area contributed by atoms with Crippen LogP contribution in [0.4, 0.5) is 24.3 Å². The van der Waals surface area contributed by atoms with Crippen molar-refractivity contribution in [3.8, 4) is 0 Å². The minimum absolute atomic E-state index is 0.139. The Bertz CT molecular complexity index is 1120. The van der Waals surface area contributed by atoms with E-state index in [1.54, 1.807) is 0 Å². The van der Waals surface area contributed by atoms with Gasteiger partial charge < -0.3 is 9.52 Å². The lowest BCUT2D eigenvalue weighted by atomic mass is 10.3. The molecule has 0 saturated carbocycles. The minimum atomic E-state index is -1.41. The number of anilines is 2. The van der Waals surface area contributed by atoms with Gasteiger partial charge in [0, 0.05) is 31.9 Å². The summed E-state index contributed by atoms with van der Waals surface area (Å²) in [6.07, 6.45) is 0. The van der Waals surface area contributed by atoms with Gasteiger partial charge in [-0.15, -0.1) is 11.3 Å². The van der Waals surface area contributed by atoms with E-state index in [2.05, 4.69) is 0 Å². The normalized spacial score (nSPS) is 10.8. The summed E-state index contributed by atoms with van der Waals surface area (Å²) in [5, 5.41) is 9.36. The Kier molecular flexibility index (Phi) is 4.66. The Labute approximate surface area is 154 Å². The Morgan fingerprint density at radius 3 is 2.41 bits per heavy atom. The molecule has 0 spiro atoms. The summed E-state index contributed by atoms with van der Waals surface area (Å²) in [4.78, 5) is 37.6. The van der Waals surface area contributed by atoms with Crippen molar-refractivity contribution < 1.29 is 27.9 Å². The number of thiophene rings is 1. The van der Waals surface area contributed by atoms with E-state index < -0.39 is 34.8 Å². The summed E-state index contributed by atoms with van der Waals surface area (Å²) in [5.74, 6) is -3.52. The monoisotopic (exact) mass is 394 g/mol.